The highest BCUT2D eigenvalue weighted by Crippen LogP contribution is 2.30. The summed E-state index contributed by atoms with van der Waals surface area (Å²) in [4.78, 5) is 14.7. The predicted octanol–water partition coefficient (Wildman–Crippen LogP) is 4.39. The van der Waals surface area contributed by atoms with Crippen molar-refractivity contribution in [2.75, 3.05) is 37.5 Å². The number of anilines is 2. The van der Waals surface area contributed by atoms with Gasteiger partial charge in [-0.3, -0.25) is 4.79 Å². The number of hydrogen-bond donors (Lipinski definition) is 1. The Bertz CT molecular complexity index is 1130. The summed E-state index contributed by atoms with van der Waals surface area (Å²) >= 11 is 0. The number of hydrogen-bond acceptors (Lipinski definition) is 5. The third kappa shape index (κ3) is 6.20. The molecule has 7 nitrogen and oxygen atoms in total. The summed E-state index contributed by atoms with van der Waals surface area (Å²) in [5, 5.41) is 3.02. The largest absolute Gasteiger partial charge is 0.377 e. The Kier molecular flexibility index (Phi) is 8.09. The summed E-state index contributed by atoms with van der Waals surface area (Å²) in [6.45, 7) is 0.909. The van der Waals surface area contributed by atoms with Gasteiger partial charge in [-0.2, -0.15) is 4.31 Å². The van der Waals surface area contributed by atoms with E-state index in [9.17, 15) is 17.6 Å². The fourth-order valence-electron chi connectivity index (χ4n) is 4.87. The van der Waals surface area contributed by atoms with E-state index >= 15 is 0 Å². The standard InChI is InChI=1S/C26H34FN3O4S/c1-29(2)25-14-11-22(28-26(31)19-6-3-4-7-19)16-20(25)17-30(18-23-8-5-15-34-23)35(32,33)24-12-9-21(27)10-13-24/h9-14,16,19,23H,3-8,15,17-18H2,1-2H3,(H,28,31). The van der Waals surface area contributed by atoms with Crippen LogP contribution in [-0.4, -0.2) is 52.0 Å². The number of benzene rings is 2. The van der Waals surface area contributed by atoms with Crippen LogP contribution in [0.1, 0.15) is 44.1 Å². The lowest BCUT2D eigenvalue weighted by atomic mass is 10.1. The summed E-state index contributed by atoms with van der Waals surface area (Å²) in [7, 11) is -0.119. The number of nitrogens with zero attached hydrogens (tertiary/aromatic N) is 2. The van der Waals surface area contributed by atoms with Crippen LogP contribution >= 0.6 is 0 Å². The Morgan fingerprint density at radius 1 is 1.06 bits per heavy atom. The van der Waals surface area contributed by atoms with Gasteiger partial charge < -0.3 is 15.0 Å². The summed E-state index contributed by atoms with van der Waals surface area (Å²) in [5.74, 6) is -0.446. The molecule has 1 aliphatic carbocycles. The second-order valence-corrected chi connectivity index (χ2v) is 11.5. The zero-order chi connectivity index (χ0) is 25.0. The molecule has 1 saturated heterocycles. The normalized spacial score (nSPS) is 18.8. The maximum atomic E-state index is 13.6. The molecule has 1 amide bonds. The van der Waals surface area contributed by atoms with Crippen LogP contribution in [0, 0.1) is 11.7 Å². The van der Waals surface area contributed by atoms with E-state index in [1.54, 1.807) is 0 Å². The lowest BCUT2D eigenvalue weighted by Gasteiger charge is -2.27. The SMILES string of the molecule is CN(C)c1ccc(NC(=O)C2CCCC2)cc1CN(CC1CCCO1)S(=O)(=O)c1ccc(F)cc1. The minimum Gasteiger partial charge on any atom is -0.377 e. The van der Waals surface area contributed by atoms with Crippen LogP contribution in [0.25, 0.3) is 0 Å². The van der Waals surface area contributed by atoms with Gasteiger partial charge in [-0.05, 0) is 73.7 Å². The number of sulfonamides is 1. The predicted molar refractivity (Wildman–Crippen MR) is 134 cm³/mol. The average Bonchev–Trinajstić information content (AvgIpc) is 3.53. The molecule has 0 spiro atoms. The van der Waals surface area contributed by atoms with Crippen molar-refractivity contribution in [1.29, 1.82) is 0 Å². The Balaban J connectivity index is 1.64. The molecule has 0 aromatic heterocycles. The van der Waals surface area contributed by atoms with E-state index in [0.717, 1.165) is 61.9 Å². The fourth-order valence-corrected chi connectivity index (χ4v) is 6.32. The molecule has 1 atom stereocenters. The first-order valence-electron chi connectivity index (χ1n) is 12.2. The highest BCUT2D eigenvalue weighted by atomic mass is 32.2. The Labute approximate surface area is 207 Å². The molecular weight excluding hydrogens is 469 g/mol. The first-order valence-corrected chi connectivity index (χ1v) is 13.7. The van der Waals surface area contributed by atoms with E-state index in [1.165, 1.54) is 16.4 Å². The highest BCUT2D eigenvalue weighted by Gasteiger charge is 2.30. The monoisotopic (exact) mass is 503 g/mol. The van der Waals surface area contributed by atoms with Crippen molar-refractivity contribution >= 4 is 27.3 Å². The second kappa shape index (κ2) is 11.1. The van der Waals surface area contributed by atoms with Gasteiger partial charge in [0.2, 0.25) is 15.9 Å². The van der Waals surface area contributed by atoms with Crippen molar-refractivity contribution in [2.45, 2.75) is 56.1 Å². The van der Waals surface area contributed by atoms with Crippen LogP contribution in [-0.2, 0) is 26.1 Å². The van der Waals surface area contributed by atoms with Crippen molar-refractivity contribution in [1.82, 2.24) is 4.31 Å². The molecule has 2 aromatic carbocycles. The van der Waals surface area contributed by atoms with E-state index in [0.29, 0.717) is 12.3 Å². The molecular formula is C26H34FN3O4S. The Hall–Kier alpha value is -2.49. The van der Waals surface area contributed by atoms with Crippen molar-refractivity contribution in [3.05, 3.63) is 53.8 Å². The number of halogens is 1. The number of ether oxygens (including phenoxy) is 1. The summed E-state index contributed by atoms with van der Waals surface area (Å²) in [6.07, 6.45) is 5.43. The number of carbonyl (C=O) groups excluding carboxylic acids is 1. The first kappa shape index (κ1) is 25.6. The van der Waals surface area contributed by atoms with Gasteiger partial charge in [0.15, 0.2) is 0 Å². The summed E-state index contributed by atoms with van der Waals surface area (Å²) < 4.78 is 47.9. The number of carbonyl (C=O) groups is 1. The Morgan fingerprint density at radius 2 is 1.77 bits per heavy atom. The van der Waals surface area contributed by atoms with Crippen LogP contribution in [0.3, 0.4) is 0 Å². The molecule has 1 aliphatic heterocycles. The molecule has 190 valence electrons. The summed E-state index contributed by atoms with van der Waals surface area (Å²) in [6, 6.07) is 10.5. The zero-order valence-corrected chi connectivity index (χ0v) is 21.2. The van der Waals surface area contributed by atoms with Crippen LogP contribution in [0.2, 0.25) is 0 Å². The van der Waals surface area contributed by atoms with Crippen LogP contribution in [0.15, 0.2) is 47.4 Å². The topological polar surface area (TPSA) is 79.0 Å². The molecule has 1 N–H and O–H groups in total. The van der Waals surface area contributed by atoms with Crippen LogP contribution < -0.4 is 10.2 Å². The zero-order valence-electron chi connectivity index (χ0n) is 20.4. The molecule has 1 heterocycles. The van der Waals surface area contributed by atoms with Crippen molar-refractivity contribution in [3.63, 3.8) is 0 Å². The van der Waals surface area contributed by atoms with E-state index in [-0.39, 0.29) is 35.9 Å². The van der Waals surface area contributed by atoms with Gasteiger partial charge in [0, 0.05) is 51.1 Å². The minimum atomic E-state index is -3.91. The number of amides is 1. The Morgan fingerprint density at radius 3 is 2.40 bits per heavy atom. The van der Waals surface area contributed by atoms with Gasteiger partial charge in [0.1, 0.15) is 5.82 Å². The molecule has 9 heteroatoms. The molecule has 0 bridgehead atoms. The van der Waals surface area contributed by atoms with Gasteiger partial charge in [0.05, 0.1) is 11.0 Å². The van der Waals surface area contributed by atoms with Crippen molar-refractivity contribution < 1.29 is 22.3 Å². The minimum absolute atomic E-state index is 0.0150. The molecule has 2 fully saturated rings. The molecule has 4 rings (SSSR count). The van der Waals surface area contributed by atoms with E-state index < -0.39 is 15.8 Å². The third-order valence-electron chi connectivity index (χ3n) is 6.78. The van der Waals surface area contributed by atoms with Crippen LogP contribution in [0.4, 0.5) is 15.8 Å². The maximum absolute atomic E-state index is 13.6. The molecule has 2 aliphatic rings. The van der Waals surface area contributed by atoms with Crippen molar-refractivity contribution in [3.8, 4) is 0 Å². The van der Waals surface area contributed by atoms with Gasteiger partial charge in [0.25, 0.3) is 0 Å². The lowest BCUT2D eigenvalue weighted by molar-refractivity contribution is -0.119. The van der Waals surface area contributed by atoms with Gasteiger partial charge >= 0.3 is 0 Å². The van der Waals surface area contributed by atoms with E-state index in [2.05, 4.69) is 5.32 Å². The lowest BCUT2D eigenvalue weighted by Crippen LogP contribution is -2.37. The molecule has 0 radical (unpaired) electrons. The molecule has 1 unspecified atom stereocenters. The average molecular weight is 504 g/mol. The fraction of sp³-hybridized carbons (Fsp3) is 0.500. The van der Waals surface area contributed by atoms with Crippen LogP contribution in [0.5, 0.6) is 0 Å². The van der Waals surface area contributed by atoms with Gasteiger partial charge in [-0.15, -0.1) is 0 Å². The molecule has 1 saturated carbocycles. The first-order chi connectivity index (χ1) is 16.7. The number of nitrogens with one attached hydrogen (secondary N) is 1. The third-order valence-corrected chi connectivity index (χ3v) is 8.61. The second-order valence-electron chi connectivity index (χ2n) is 9.60. The number of rotatable bonds is 9. The van der Waals surface area contributed by atoms with Crippen molar-refractivity contribution in [2.24, 2.45) is 5.92 Å². The van der Waals surface area contributed by atoms with Gasteiger partial charge in [-0.1, -0.05) is 12.8 Å². The molecule has 2 aromatic rings. The maximum Gasteiger partial charge on any atom is 0.243 e. The molecule has 35 heavy (non-hydrogen) atoms. The van der Waals surface area contributed by atoms with Gasteiger partial charge in [-0.25, -0.2) is 12.8 Å². The quantitative estimate of drug-likeness (QED) is 0.549. The summed E-state index contributed by atoms with van der Waals surface area (Å²) in [5.41, 5.74) is 2.28. The smallest absolute Gasteiger partial charge is 0.243 e. The highest BCUT2D eigenvalue weighted by molar-refractivity contribution is 7.89. The van der Waals surface area contributed by atoms with E-state index in [4.69, 9.17) is 4.74 Å². The van der Waals surface area contributed by atoms with E-state index in [1.807, 2.05) is 37.2 Å².